The summed E-state index contributed by atoms with van der Waals surface area (Å²) < 4.78 is 0. The highest BCUT2D eigenvalue weighted by molar-refractivity contribution is 5.95. The van der Waals surface area contributed by atoms with Gasteiger partial charge in [-0.25, -0.2) is 0 Å². The van der Waals surface area contributed by atoms with Crippen LogP contribution in [-0.4, -0.2) is 23.8 Å². The maximum atomic E-state index is 11.0. The van der Waals surface area contributed by atoms with Gasteiger partial charge in [-0.05, 0) is 12.1 Å². The van der Waals surface area contributed by atoms with Crippen LogP contribution in [0.25, 0.3) is 0 Å². The topological polar surface area (TPSA) is 85.1 Å². The average Bonchev–Trinajstić information content (AvgIpc) is 2.17. The van der Waals surface area contributed by atoms with E-state index in [1.807, 2.05) is 0 Å². The van der Waals surface area contributed by atoms with Crippen LogP contribution >= 0.6 is 0 Å². The molecule has 1 aromatic heterocycles. The SMILES string of the molecule is CNC(=O)c1ccc(C(N)=O)nc1. The van der Waals surface area contributed by atoms with Crippen LogP contribution in [-0.2, 0) is 0 Å². The maximum Gasteiger partial charge on any atom is 0.267 e. The van der Waals surface area contributed by atoms with Crippen LogP contribution in [0.15, 0.2) is 18.3 Å². The molecule has 0 aromatic carbocycles. The van der Waals surface area contributed by atoms with Gasteiger partial charge in [0.15, 0.2) is 0 Å². The molecular weight excluding hydrogens is 170 g/mol. The van der Waals surface area contributed by atoms with Gasteiger partial charge in [-0.1, -0.05) is 0 Å². The summed E-state index contributed by atoms with van der Waals surface area (Å²) in [5, 5.41) is 2.43. The van der Waals surface area contributed by atoms with E-state index in [9.17, 15) is 9.59 Å². The van der Waals surface area contributed by atoms with E-state index in [1.54, 1.807) is 0 Å². The first-order valence-electron chi connectivity index (χ1n) is 3.63. The summed E-state index contributed by atoms with van der Waals surface area (Å²) in [4.78, 5) is 25.3. The van der Waals surface area contributed by atoms with Crippen LogP contribution < -0.4 is 11.1 Å². The Morgan fingerprint density at radius 1 is 1.46 bits per heavy atom. The number of aromatic nitrogens is 1. The monoisotopic (exact) mass is 179 g/mol. The zero-order chi connectivity index (χ0) is 9.84. The van der Waals surface area contributed by atoms with Crippen molar-refractivity contribution in [1.82, 2.24) is 10.3 Å². The van der Waals surface area contributed by atoms with Crippen molar-refractivity contribution in [3.63, 3.8) is 0 Å². The standard InChI is InChI=1S/C8H9N3O2/c1-10-8(13)5-2-3-6(7(9)12)11-4-5/h2-4H,1H3,(H2,9,12)(H,10,13). The average molecular weight is 179 g/mol. The van der Waals surface area contributed by atoms with Gasteiger partial charge in [0, 0.05) is 13.2 Å². The van der Waals surface area contributed by atoms with E-state index in [4.69, 9.17) is 5.73 Å². The fourth-order valence-corrected chi connectivity index (χ4v) is 0.818. The number of nitrogens with two attached hydrogens (primary N) is 1. The first kappa shape index (κ1) is 9.18. The molecule has 0 bridgehead atoms. The van der Waals surface area contributed by atoms with Crippen molar-refractivity contribution in [1.29, 1.82) is 0 Å². The van der Waals surface area contributed by atoms with E-state index >= 15 is 0 Å². The Bertz CT molecular complexity index is 332. The van der Waals surface area contributed by atoms with Gasteiger partial charge in [0.1, 0.15) is 5.69 Å². The zero-order valence-electron chi connectivity index (χ0n) is 7.07. The predicted octanol–water partition coefficient (Wildman–Crippen LogP) is -0.460. The quantitative estimate of drug-likeness (QED) is 0.644. The van der Waals surface area contributed by atoms with E-state index < -0.39 is 5.91 Å². The molecule has 0 aliphatic rings. The van der Waals surface area contributed by atoms with Gasteiger partial charge in [0.25, 0.3) is 11.8 Å². The third kappa shape index (κ3) is 2.02. The second kappa shape index (κ2) is 3.66. The third-order valence-electron chi connectivity index (χ3n) is 1.51. The number of hydrogen-bond donors (Lipinski definition) is 2. The minimum atomic E-state index is -0.608. The van der Waals surface area contributed by atoms with Crippen LogP contribution in [0.3, 0.4) is 0 Å². The Kier molecular flexibility index (Phi) is 2.59. The molecule has 0 aliphatic heterocycles. The number of pyridine rings is 1. The molecule has 0 spiro atoms. The summed E-state index contributed by atoms with van der Waals surface area (Å²) in [6.45, 7) is 0. The fourth-order valence-electron chi connectivity index (χ4n) is 0.818. The van der Waals surface area contributed by atoms with Crippen LogP contribution in [0.2, 0.25) is 0 Å². The number of carbonyl (C=O) groups excluding carboxylic acids is 2. The van der Waals surface area contributed by atoms with Crippen molar-refractivity contribution in [2.24, 2.45) is 5.73 Å². The molecule has 0 aliphatic carbocycles. The normalized spacial score (nSPS) is 9.31. The summed E-state index contributed by atoms with van der Waals surface area (Å²) in [5.74, 6) is -0.855. The number of amides is 2. The van der Waals surface area contributed by atoms with Gasteiger partial charge in [0.05, 0.1) is 5.56 Å². The van der Waals surface area contributed by atoms with E-state index in [0.717, 1.165) is 0 Å². The minimum absolute atomic E-state index is 0.146. The predicted molar refractivity (Wildman–Crippen MR) is 46.1 cm³/mol. The van der Waals surface area contributed by atoms with Crippen molar-refractivity contribution < 1.29 is 9.59 Å². The van der Waals surface area contributed by atoms with Gasteiger partial charge in [-0.3, -0.25) is 14.6 Å². The molecule has 0 fully saturated rings. The molecule has 0 radical (unpaired) electrons. The lowest BCUT2D eigenvalue weighted by Crippen LogP contribution is -2.19. The number of carbonyl (C=O) groups is 2. The van der Waals surface area contributed by atoms with Gasteiger partial charge >= 0.3 is 0 Å². The van der Waals surface area contributed by atoms with Gasteiger partial charge < -0.3 is 11.1 Å². The number of primary amides is 1. The molecular formula is C8H9N3O2. The molecule has 0 unspecified atom stereocenters. The Labute approximate surface area is 75.0 Å². The van der Waals surface area contributed by atoms with Crippen LogP contribution in [0.5, 0.6) is 0 Å². The smallest absolute Gasteiger partial charge is 0.267 e. The lowest BCUT2D eigenvalue weighted by Gasteiger charge is -1.98. The summed E-state index contributed by atoms with van der Waals surface area (Å²) in [6, 6.07) is 2.90. The van der Waals surface area contributed by atoms with Gasteiger partial charge in [-0.15, -0.1) is 0 Å². The molecule has 3 N–H and O–H groups in total. The number of rotatable bonds is 2. The van der Waals surface area contributed by atoms with Crippen molar-refractivity contribution >= 4 is 11.8 Å². The molecule has 13 heavy (non-hydrogen) atoms. The maximum absolute atomic E-state index is 11.0. The number of nitrogens with zero attached hydrogens (tertiary/aromatic N) is 1. The van der Waals surface area contributed by atoms with Crippen LogP contribution in [0, 0.1) is 0 Å². The van der Waals surface area contributed by atoms with Crippen molar-refractivity contribution in [3.05, 3.63) is 29.6 Å². The van der Waals surface area contributed by atoms with E-state index in [-0.39, 0.29) is 11.6 Å². The molecule has 0 atom stereocenters. The molecule has 2 amide bonds. The Balaban J connectivity index is 2.93. The van der Waals surface area contributed by atoms with E-state index in [2.05, 4.69) is 10.3 Å². The molecule has 1 rings (SSSR count). The van der Waals surface area contributed by atoms with Crippen molar-refractivity contribution in [2.75, 3.05) is 7.05 Å². The summed E-state index contributed by atoms with van der Waals surface area (Å²) in [6.07, 6.45) is 1.30. The van der Waals surface area contributed by atoms with Crippen LogP contribution in [0.4, 0.5) is 0 Å². The molecule has 1 heterocycles. The molecule has 5 nitrogen and oxygen atoms in total. The fraction of sp³-hybridized carbons (Fsp3) is 0.125. The molecule has 68 valence electrons. The molecule has 0 saturated carbocycles. The summed E-state index contributed by atoms with van der Waals surface area (Å²) in [7, 11) is 1.52. The van der Waals surface area contributed by atoms with Crippen molar-refractivity contribution in [2.45, 2.75) is 0 Å². The summed E-state index contributed by atoms with van der Waals surface area (Å²) in [5.41, 5.74) is 5.51. The Morgan fingerprint density at radius 2 is 2.15 bits per heavy atom. The highest BCUT2D eigenvalue weighted by Crippen LogP contribution is 1.99. The molecule has 1 aromatic rings. The Morgan fingerprint density at radius 3 is 2.54 bits per heavy atom. The third-order valence-corrected chi connectivity index (χ3v) is 1.51. The minimum Gasteiger partial charge on any atom is -0.364 e. The number of hydrogen-bond acceptors (Lipinski definition) is 3. The number of nitrogens with one attached hydrogen (secondary N) is 1. The van der Waals surface area contributed by atoms with E-state index in [1.165, 1.54) is 25.4 Å². The van der Waals surface area contributed by atoms with Crippen molar-refractivity contribution in [3.8, 4) is 0 Å². The first-order valence-corrected chi connectivity index (χ1v) is 3.63. The van der Waals surface area contributed by atoms with E-state index in [0.29, 0.717) is 5.56 Å². The second-order valence-corrected chi connectivity index (χ2v) is 2.38. The first-order chi connectivity index (χ1) is 6.15. The molecule has 0 saturated heterocycles. The zero-order valence-corrected chi connectivity index (χ0v) is 7.07. The highest BCUT2D eigenvalue weighted by Gasteiger charge is 2.05. The van der Waals surface area contributed by atoms with Gasteiger partial charge in [0.2, 0.25) is 0 Å². The lowest BCUT2D eigenvalue weighted by atomic mass is 10.2. The molecule has 5 heteroatoms. The van der Waals surface area contributed by atoms with Crippen LogP contribution in [0.1, 0.15) is 20.8 Å². The van der Waals surface area contributed by atoms with Gasteiger partial charge in [-0.2, -0.15) is 0 Å². The lowest BCUT2D eigenvalue weighted by molar-refractivity contribution is 0.0958. The second-order valence-electron chi connectivity index (χ2n) is 2.38. The Hall–Kier alpha value is -1.91. The summed E-state index contributed by atoms with van der Waals surface area (Å²) >= 11 is 0. The largest absolute Gasteiger partial charge is 0.364 e. The highest BCUT2D eigenvalue weighted by atomic mass is 16.2.